The van der Waals surface area contributed by atoms with E-state index in [0.29, 0.717) is 22.5 Å². The van der Waals surface area contributed by atoms with Gasteiger partial charge in [-0.15, -0.1) is 0 Å². The molecule has 2 amide bonds. The fourth-order valence-corrected chi connectivity index (χ4v) is 7.29. The zero-order valence-corrected chi connectivity index (χ0v) is 33.0. The molecule has 6 nitrogen and oxygen atoms in total. The Balaban J connectivity index is 1.51. The monoisotopic (exact) mass is 822 g/mol. The number of nitrogens with two attached hydrogens (primary N) is 2. The van der Waals surface area contributed by atoms with Crippen molar-refractivity contribution in [3.05, 3.63) is 202 Å². The Labute approximate surface area is 345 Å². The Kier molecular flexibility index (Phi) is 12.7. The molecule has 2 unspecified atom stereocenters. The van der Waals surface area contributed by atoms with Crippen molar-refractivity contribution in [1.82, 2.24) is 0 Å². The minimum atomic E-state index is -4.53. The van der Waals surface area contributed by atoms with Gasteiger partial charge in [-0.05, 0) is 103 Å². The topological polar surface area (TPSA) is 92.7 Å². The first-order valence-electron chi connectivity index (χ1n) is 19.2. The Morgan fingerprint density at radius 2 is 0.850 bits per heavy atom. The maximum absolute atomic E-state index is 15.8. The summed E-state index contributed by atoms with van der Waals surface area (Å²) in [5, 5.41) is 0. The molecule has 0 heterocycles. The Bertz CT molecular complexity index is 2390. The molecule has 0 aromatic heterocycles. The SMILES string of the molecule is Cc1ccc(N(CCc2ccc(C(F)(F)F)cc2)C(=O)C(N)(c2ccccc2)C(N)(C(=O)N(CCc2ccc(C(F)(F)F)cc2)c2cccc(C)c2)c2ccccc2)cc1. The number of anilines is 2. The summed E-state index contributed by atoms with van der Waals surface area (Å²) in [6.07, 6.45) is -8.84. The number of aryl methyl sites for hydroxylation is 2. The van der Waals surface area contributed by atoms with Crippen LogP contribution in [-0.2, 0) is 45.9 Å². The number of rotatable bonds is 13. The van der Waals surface area contributed by atoms with E-state index in [1.807, 2.05) is 19.9 Å². The van der Waals surface area contributed by atoms with Gasteiger partial charge in [-0.1, -0.05) is 115 Å². The molecule has 2 atom stereocenters. The van der Waals surface area contributed by atoms with Crippen LogP contribution in [0.15, 0.2) is 158 Å². The van der Waals surface area contributed by atoms with E-state index in [1.165, 1.54) is 34.1 Å². The van der Waals surface area contributed by atoms with Gasteiger partial charge in [0.15, 0.2) is 11.1 Å². The van der Waals surface area contributed by atoms with Crippen LogP contribution in [0, 0.1) is 13.8 Å². The predicted molar refractivity (Wildman–Crippen MR) is 222 cm³/mol. The summed E-state index contributed by atoms with van der Waals surface area (Å²) in [6.45, 7) is 3.59. The summed E-state index contributed by atoms with van der Waals surface area (Å²) in [5.41, 5.74) is 12.8. The van der Waals surface area contributed by atoms with Crippen LogP contribution in [0.2, 0.25) is 0 Å². The molecule has 6 rings (SSSR count). The quantitative estimate of drug-likeness (QED) is 0.114. The van der Waals surface area contributed by atoms with Crippen LogP contribution in [0.1, 0.15) is 44.5 Å². The molecular weight excluding hydrogens is 779 g/mol. The van der Waals surface area contributed by atoms with Gasteiger partial charge in [-0.2, -0.15) is 26.3 Å². The van der Waals surface area contributed by atoms with Crippen LogP contribution in [0.5, 0.6) is 0 Å². The fourth-order valence-electron chi connectivity index (χ4n) is 7.29. The third-order valence-electron chi connectivity index (χ3n) is 10.7. The highest BCUT2D eigenvalue weighted by molar-refractivity contribution is 6.11. The summed E-state index contributed by atoms with van der Waals surface area (Å²) in [6, 6.07) is 40.0. The minimum absolute atomic E-state index is 0.0614. The molecule has 12 heteroatoms. The van der Waals surface area contributed by atoms with E-state index < -0.39 is 46.4 Å². The van der Waals surface area contributed by atoms with Crippen molar-refractivity contribution in [3.63, 3.8) is 0 Å². The number of amides is 2. The standard InChI is InChI=1S/C48H44F6N4O2/c1-33-16-26-41(27-17-33)57(30-28-35-18-22-39(23-19-35)47(49,50)51)43(59)45(55,37-11-5-3-6-12-37)46(56,38-13-7-4-8-14-38)44(60)58(42-15-9-10-34(2)32-42)31-29-36-20-24-40(25-21-36)48(52,53)54/h3-27,32H,28-31,55-56H2,1-2H3. The molecule has 60 heavy (non-hydrogen) atoms. The first-order chi connectivity index (χ1) is 28.4. The van der Waals surface area contributed by atoms with Crippen molar-refractivity contribution in [1.29, 1.82) is 0 Å². The van der Waals surface area contributed by atoms with Crippen LogP contribution in [0.3, 0.4) is 0 Å². The lowest BCUT2D eigenvalue weighted by Crippen LogP contribution is -2.74. The highest BCUT2D eigenvalue weighted by atomic mass is 19.4. The average Bonchev–Trinajstić information content (AvgIpc) is 3.24. The molecule has 0 fully saturated rings. The normalized spacial score (nSPS) is 13.8. The number of hydrogen-bond donors (Lipinski definition) is 2. The number of alkyl halides is 6. The second kappa shape index (κ2) is 17.5. The van der Waals surface area contributed by atoms with E-state index in [9.17, 15) is 26.3 Å². The number of hydrogen-bond acceptors (Lipinski definition) is 4. The predicted octanol–water partition coefficient (Wildman–Crippen LogP) is 9.90. The highest BCUT2D eigenvalue weighted by Gasteiger charge is 2.61. The van der Waals surface area contributed by atoms with Gasteiger partial charge in [-0.25, -0.2) is 0 Å². The van der Waals surface area contributed by atoms with E-state index in [-0.39, 0.29) is 37.1 Å². The second-order valence-corrected chi connectivity index (χ2v) is 14.8. The summed E-state index contributed by atoms with van der Waals surface area (Å²) < 4.78 is 80.6. The minimum Gasteiger partial charge on any atom is -0.311 e. The zero-order valence-electron chi connectivity index (χ0n) is 33.0. The molecule has 6 aromatic carbocycles. The van der Waals surface area contributed by atoms with E-state index in [4.69, 9.17) is 11.5 Å². The van der Waals surface area contributed by atoms with Crippen molar-refractivity contribution < 1.29 is 35.9 Å². The van der Waals surface area contributed by atoms with E-state index in [0.717, 1.165) is 35.4 Å². The van der Waals surface area contributed by atoms with Gasteiger partial charge in [0.1, 0.15) is 0 Å². The van der Waals surface area contributed by atoms with Crippen LogP contribution in [0.25, 0.3) is 0 Å². The molecule has 4 N–H and O–H groups in total. The molecule has 0 aliphatic carbocycles. The molecule has 0 spiro atoms. The van der Waals surface area contributed by atoms with Gasteiger partial charge in [0.25, 0.3) is 11.8 Å². The summed E-state index contributed by atoms with van der Waals surface area (Å²) >= 11 is 0. The first kappa shape index (κ1) is 43.3. The van der Waals surface area contributed by atoms with Crippen molar-refractivity contribution in [3.8, 4) is 0 Å². The number of halogens is 6. The molecule has 0 aliphatic rings. The Hall–Kier alpha value is -6.24. The third-order valence-corrected chi connectivity index (χ3v) is 10.7. The van der Waals surface area contributed by atoms with Crippen LogP contribution in [-0.4, -0.2) is 24.9 Å². The number of carbonyl (C=O) groups is 2. The molecule has 310 valence electrons. The van der Waals surface area contributed by atoms with Crippen molar-refractivity contribution in [2.45, 2.75) is 50.1 Å². The van der Waals surface area contributed by atoms with Crippen molar-refractivity contribution in [2.75, 3.05) is 22.9 Å². The lowest BCUT2D eigenvalue weighted by atomic mass is 9.67. The second-order valence-electron chi connectivity index (χ2n) is 14.8. The first-order valence-corrected chi connectivity index (χ1v) is 19.2. The van der Waals surface area contributed by atoms with E-state index >= 15 is 9.59 Å². The van der Waals surface area contributed by atoms with Gasteiger partial charge in [0.05, 0.1) is 11.1 Å². The zero-order chi connectivity index (χ0) is 43.3. The van der Waals surface area contributed by atoms with Gasteiger partial charge in [-0.3, -0.25) is 9.59 Å². The van der Waals surface area contributed by atoms with Crippen molar-refractivity contribution >= 4 is 23.2 Å². The molecule has 0 bridgehead atoms. The smallest absolute Gasteiger partial charge is 0.311 e. The molecule has 0 radical (unpaired) electrons. The molecule has 0 saturated carbocycles. The Morgan fingerprint density at radius 3 is 1.23 bits per heavy atom. The number of carbonyl (C=O) groups excluding carboxylic acids is 2. The van der Waals surface area contributed by atoms with Crippen LogP contribution in [0.4, 0.5) is 37.7 Å². The largest absolute Gasteiger partial charge is 0.416 e. The number of nitrogens with zero attached hydrogens (tertiary/aromatic N) is 2. The van der Waals surface area contributed by atoms with Gasteiger partial charge in [0, 0.05) is 24.5 Å². The van der Waals surface area contributed by atoms with Gasteiger partial charge >= 0.3 is 12.4 Å². The molecule has 0 aliphatic heterocycles. The summed E-state index contributed by atoms with van der Waals surface area (Å²) in [7, 11) is 0. The van der Waals surface area contributed by atoms with Crippen molar-refractivity contribution in [2.24, 2.45) is 11.5 Å². The maximum atomic E-state index is 15.8. The molecule has 6 aromatic rings. The van der Waals surface area contributed by atoms with Gasteiger partial charge in [0.2, 0.25) is 0 Å². The molecule has 0 saturated heterocycles. The molecular formula is C48H44F6N4O2. The lowest BCUT2D eigenvalue weighted by Gasteiger charge is -2.48. The van der Waals surface area contributed by atoms with E-state index in [2.05, 4.69) is 0 Å². The van der Waals surface area contributed by atoms with Gasteiger partial charge < -0.3 is 21.3 Å². The van der Waals surface area contributed by atoms with Crippen LogP contribution >= 0.6 is 0 Å². The summed E-state index contributed by atoms with van der Waals surface area (Å²) in [5.74, 6) is -1.53. The average molecular weight is 823 g/mol. The summed E-state index contributed by atoms with van der Waals surface area (Å²) in [4.78, 5) is 34.4. The third kappa shape index (κ3) is 9.15. The van der Waals surface area contributed by atoms with Crippen LogP contribution < -0.4 is 21.3 Å². The Morgan fingerprint density at radius 1 is 0.450 bits per heavy atom. The number of benzene rings is 6. The highest BCUT2D eigenvalue weighted by Crippen LogP contribution is 2.42. The maximum Gasteiger partial charge on any atom is 0.416 e. The lowest BCUT2D eigenvalue weighted by molar-refractivity contribution is -0.138. The van der Waals surface area contributed by atoms with E-state index in [1.54, 1.807) is 103 Å². The fraction of sp³-hybridized carbons (Fsp3) is 0.208.